The molecule has 0 saturated carbocycles. The largest absolute Gasteiger partial charge is 0.496 e. The second kappa shape index (κ2) is 11.0. The lowest BCUT2D eigenvalue weighted by Crippen LogP contribution is -2.32. The van der Waals surface area contributed by atoms with Gasteiger partial charge in [-0.2, -0.15) is 4.52 Å². The highest BCUT2D eigenvalue weighted by atomic mass is 16.5. The minimum absolute atomic E-state index is 0.146. The Morgan fingerprint density at radius 3 is 2.54 bits per heavy atom. The van der Waals surface area contributed by atoms with Gasteiger partial charge in [0.2, 0.25) is 11.8 Å². The van der Waals surface area contributed by atoms with Gasteiger partial charge in [-0.3, -0.25) is 9.59 Å². The molecule has 4 aromatic rings. The van der Waals surface area contributed by atoms with E-state index < -0.39 is 0 Å². The number of nitrogens with zero attached hydrogens (tertiary/aromatic N) is 4. The van der Waals surface area contributed by atoms with Crippen molar-refractivity contribution in [3.05, 3.63) is 60.7 Å². The summed E-state index contributed by atoms with van der Waals surface area (Å²) in [6, 6.07) is 17.6. The van der Waals surface area contributed by atoms with Crippen molar-refractivity contribution in [2.75, 3.05) is 32.2 Å². The van der Waals surface area contributed by atoms with Crippen molar-refractivity contribution in [2.24, 2.45) is 0 Å². The molecule has 0 radical (unpaired) electrons. The predicted molar refractivity (Wildman–Crippen MR) is 128 cm³/mol. The van der Waals surface area contributed by atoms with Crippen LogP contribution in [-0.2, 0) is 9.59 Å². The monoisotopic (exact) mass is 476 g/mol. The molecule has 0 fully saturated rings. The molecular weight excluding hydrogens is 452 g/mol. The first-order valence-electron chi connectivity index (χ1n) is 10.8. The number of carbonyl (C=O) groups excluding carboxylic acids is 2. The molecule has 0 atom stereocenters. The molecule has 4 rings (SSSR count). The molecule has 0 unspecified atom stereocenters. The summed E-state index contributed by atoms with van der Waals surface area (Å²) in [4.78, 5) is 23.1. The summed E-state index contributed by atoms with van der Waals surface area (Å²) in [6.45, 7) is 1.76. The number of hydrogen-bond donors (Lipinski definition) is 2. The number of hydrogen-bond acceptors (Lipinski definition) is 8. The van der Waals surface area contributed by atoms with Crippen LogP contribution in [0.25, 0.3) is 17.0 Å². The number of aromatic nitrogens is 4. The van der Waals surface area contributed by atoms with Crippen molar-refractivity contribution in [2.45, 2.75) is 6.92 Å². The third-order valence-corrected chi connectivity index (χ3v) is 4.81. The number of para-hydroxylation sites is 1. The molecule has 0 bridgehead atoms. The zero-order chi connectivity index (χ0) is 24.6. The summed E-state index contributed by atoms with van der Waals surface area (Å²) in [7, 11) is 1.59. The first-order valence-corrected chi connectivity index (χ1v) is 10.8. The fourth-order valence-electron chi connectivity index (χ4n) is 3.23. The van der Waals surface area contributed by atoms with Crippen LogP contribution in [0.15, 0.2) is 60.7 Å². The Kier molecular flexibility index (Phi) is 7.36. The minimum Gasteiger partial charge on any atom is -0.496 e. The van der Waals surface area contributed by atoms with Gasteiger partial charge in [-0.25, -0.2) is 0 Å². The molecular formula is C24H24N6O5. The molecule has 11 heteroatoms. The Balaban J connectivity index is 1.27. The Morgan fingerprint density at radius 1 is 0.971 bits per heavy atom. The third-order valence-electron chi connectivity index (χ3n) is 4.81. The van der Waals surface area contributed by atoms with E-state index in [1.165, 1.54) is 6.92 Å². The van der Waals surface area contributed by atoms with E-state index in [2.05, 4.69) is 25.9 Å². The number of methoxy groups -OCH3 is 1. The van der Waals surface area contributed by atoms with E-state index >= 15 is 0 Å². The van der Waals surface area contributed by atoms with E-state index in [1.54, 1.807) is 48.0 Å². The van der Waals surface area contributed by atoms with Crippen LogP contribution in [0, 0.1) is 0 Å². The maximum Gasteiger partial charge on any atom is 0.258 e. The van der Waals surface area contributed by atoms with Crippen LogP contribution >= 0.6 is 0 Å². The molecule has 0 aliphatic heterocycles. The highest BCUT2D eigenvalue weighted by Crippen LogP contribution is 2.28. The molecule has 180 valence electrons. The van der Waals surface area contributed by atoms with Gasteiger partial charge >= 0.3 is 0 Å². The van der Waals surface area contributed by atoms with Crippen LogP contribution in [0.3, 0.4) is 0 Å². The summed E-state index contributed by atoms with van der Waals surface area (Å²) in [5.74, 6) is 1.61. The lowest BCUT2D eigenvalue weighted by molar-refractivity contribution is -0.123. The third kappa shape index (κ3) is 6.02. The molecule has 35 heavy (non-hydrogen) atoms. The highest BCUT2D eigenvalue weighted by Gasteiger charge is 2.14. The molecule has 0 spiro atoms. The summed E-state index contributed by atoms with van der Waals surface area (Å²) in [5.41, 5.74) is 1.97. The van der Waals surface area contributed by atoms with Gasteiger partial charge in [0.1, 0.15) is 18.1 Å². The lowest BCUT2D eigenvalue weighted by atomic mass is 10.2. The SMILES string of the molecule is COc1ccccc1-c1nnc2ccc(OCCNC(=O)COc3ccc(NC(C)=O)cc3)nn12. The Hall–Kier alpha value is -4.67. The second-order valence-corrected chi connectivity index (χ2v) is 7.36. The molecule has 0 aliphatic carbocycles. The summed E-state index contributed by atoms with van der Waals surface area (Å²) in [5, 5.41) is 18.2. The standard InChI is InChI=1S/C24H24N6O5/c1-16(31)26-17-7-9-18(10-8-17)35-15-22(32)25-13-14-34-23-12-11-21-27-28-24(30(21)29-23)19-5-3-4-6-20(19)33-2/h3-12H,13-15H2,1-2H3,(H,25,32)(H,26,31). The van der Waals surface area contributed by atoms with Gasteiger partial charge in [0.25, 0.3) is 5.91 Å². The number of nitrogens with one attached hydrogen (secondary N) is 2. The van der Waals surface area contributed by atoms with Crippen LogP contribution in [0.5, 0.6) is 17.4 Å². The quantitative estimate of drug-likeness (QED) is 0.334. The molecule has 2 aromatic heterocycles. The first kappa shape index (κ1) is 23.5. The van der Waals surface area contributed by atoms with Crippen LogP contribution in [0.4, 0.5) is 5.69 Å². The predicted octanol–water partition coefficient (Wildman–Crippen LogP) is 2.33. The smallest absolute Gasteiger partial charge is 0.258 e. The maximum atomic E-state index is 12.0. The summed E-state index contributed by atoms with van der Waals surface area (Å²) < 4.78 is 18.1. The number of carbonyl (C=O) groups is 2. The second-order valence-electron chi connectivity index (χ2n) is 7.36. The number of benzene rings is 2. The van der Waals surface area contributed by atoms with Crippen molar-refractivity contribution in [1.29, 1.82) is 0 Å². The first-order chi connectivity index (χ1) is 17.0. The fourth-order valence-corrected chi connectivity index (χ4v) is 3.23. The average Bonchev–Trinajstić information content (AvgIpc) is 3.29. The number of amides is 2. The average molecular weight is 476 g/mol. The highest BCUT2D eigenvalue weighted by molar-refractivity contribution is 5.88. The van der Waals surface area contributed by atoms with Crippen molar-refractivity contribution >= 4 is 23.1 Å². The van der Waals surface area contributed by atoms with Gasteiger partial charge < -0.3 is 24.8 Å². The van der Waals surface area contributed by atoms with Gasteiger partial charge in [-0.15, -0.1) is 15.3 Å². The topological polar surface area (TPSA) is 129 Å². The number of ether oxygens (including phenoxy) is 3. The van der Waals surface area contributed by atoms with Crippen molar-refractivity contribution in [3.63, 3.8) is 0 Å². The Labute approximate surface area is 201 Å². The van der Waals surface area contributed by atoms with Gasteiger partial charge in [-0.05, 0) is 42.5 Å². The Morgan fingerprint density at radius 2 is 1.77 bits per heavy atom. The zero-order valence-electron chi connectivity index (χ0n) is 19.2. The van der Waals surface area contributed by atoms with Crippen LogP contribution < -0.4 is 24.8 Å². The number of anilines is 1. The Bertz CT molecular complexity index is 1320. The van der Waals surface area contributed by atoms with E-state index in [-0.39, 0.29) is 31.6 Å². The van der Waals surface area contributed by atoms with E-state index in [0.717, 1.165) is 5.56 Å². The van der Waals surface area contributed by atoms with E-state index in [1.807, 2.05) is 24.3 Å². The van der Waals surface area contributed by atoms with Crippen molar-refractivity contribution in [1.82, 2.24) is 25.1 Å². The normalized spacial score (nSPS) is 10.6. The fraction of sp³-hybridized carbons (Fsp3) is 0.208. The summed E-state index contributed by atoms with van der Waals surface area (Å²) in [6.07, 6.45) is 0. The number of rotatable bonds is 10. The van der Waals surface area contributed by atoms with E-state index in [9.17, 15) is 9.59 Å². The van der Waals surface area contributed by atoms with E-state index in [4.69, 9.17) is 14.2 Å². The van der Waals surface area contributed by atoms with Crippen molar-refractivity contribution < 1.29 is 23.8 Å². The van der Waals surface area contributed by atoms with Crippen LogP contribution in [0.1, 0.15) is 6.92 Å². The minimum atomic E-state index is -0.291. The molecule has 0 saturated heterocycles. The molecule has 2 aromatic carbocycles. The summed E-state index contributed by atoms with van der Waals surface area (Å²) >= 11 is 0. The van der Waals surface area contributed by atoms with Crippen LogP contribution in [0.2, 0.25) is 0 Å². The molecule has 2 heterocycles. The van der Waals surface area contributed by atoms with Gasteiger partial charge in [0.15, 0.2) is 18.1 Å². The van der Waals surface area contributed by atoms with Crippen molar-refractivity contribution in [3.8, 4) is 28.8 Å². The van der Waals surface area contributed by atoms with E-state index in [0.29, 0.717) is 34.5 Å². The lowest BCUT2D eigenvalue weighted by Gasteiger charge is -2.10. The van der Waals surface area contributed by atoms with Gasteiger partial charge in [-0.1, -0.05) is 12.1 Å². The number of fused-ring (bicyclic) bond motifs is 1. The molecule has 11 nitrogen and oxygen atoms in total. The zero-order valence-corrected chi connectivity index (χ0v) is 19.2. The van der Waals surface area contributed by atoms with Gasteiger partial charge in [0.05, 0.1) is 19.2 Å². The van der Waals surface area contributed by atoms with Gasteiger partial charge in [0, 0.05) is 18.7 Å². The molecule has 0 aliphatic rings. The molecule has 2 N–H and O–H groups in total. The van der Waals surface area contributed by atoms with Crippen LogP contribution in [-0.4, -0.2) is 58.5 Å². The maximum absolute atomic E-state index is 12.0. The molecule has 2 amide bonds.